The number of aliphatic hydroxyl groups excluding tert-OH is 3. The molecule has 6 saturated heterocycles. The molecular formula is C44H68O13. The Morgan fingerprint density at radius 3 is 2.53 bits per heavy atom. The number of carboxylic acids is 1. The third-order valence-corrected chi connectivity index (χ3v) is 14.1. The van der Waals surface area contributed by atoms with E-state index in [-0.39, 0.29) is 36.6 Å². The number of fused-ring (bicyclic) bond motifs is 1. The molecule has 0 aromatic carbocycles. The molecule has 0 aliphatic carbocycles. The minimum Gasteiger partial charge on any atom is -0.479 e. The Balaban J connectivity index is 0.916. The van der Waals surface area contributed by atoms with Crippen LogP contribution in [0.5, 0.6) is 0 Å². The van der Waals surface area contributed by atoms with Gasteiger partial charge in [-0.05, 0) is 95.6 Å². The van der Waals surface area contributed by atoms with Crippen molar-refractivity contribution in [2.24, 2.45) is 17.8 Å². The van der Waals surface area contributed by atoms with Gasteiger partial charge in [0.1, 0.15) is 24.4 Å². The van der Waals surface area contributed by atoms with Crippen molar-refractivity contribution in [3.8, 4) is 0 Å². The fraction of sp³-hybridized carbons (Fsp3) is 0.841. The van der Waals surface area contributed by atoms with Gasteiger partial charge < -0.3 is 58.7 Å². The van der Waals surface area contributed by atoms with Gasteiger partial charge in [-0.2, -0.15) is 0 Å². The van der Waals surface area contributed by atoms with E-state index in [1.165, 1.54) is 6.92 Å². The van der Waals surface area contributed by atoms with Gasteiger partial charge in [0.05, 0.1) is 43.2 Å². The van der Waals surface area contributed by atoms with Crippen LogP contribution >= 0.6 is 0 Å². The van der Waals surface area contributed by atoms with Crippen LogP contribution in [0.2, 0.25) is 0 Å². The zero-order valence-electron chi connectivity index (χ0n) is 34.6. The molecule has 0 radical (unpaired) electrons. The number of ether oxygens (including phenoxy) is 7. The van der Waals surface area contributed by atoms with Crippen molar-refractivity contribution in [1.82, 2.24) is 0 Å². The first-order chi connectivity index (χ1) is 26.9. The molecule has 0 saturated carbocycles. The number of hydrogen-bond donors (Lipinski definition) is 5. The van der Waals surface area contributed by atoms with Crippen LogP contribution in [0.4, 0.5) is 0 Å². The Kier molecular flexibility index (Phi) is 12.9. The van der Waals surface area contributed by atoms with Crippen molar-refractivity contribution in [3.63, 3.8) is 0 Å². The summed E-state index contributed by atoms with van der Waals surface area (Å²) >= 11 is 0. The van der Waals surface area contributed by atoms with Crippen molar-refractivity contribution >= 4 is 5.97 Å². The second-order valence-corrected chi connectivity index (χ2v) is 18.8. The molecule has 13 nitrogen and oxygen atoms in total. The molecule has 0 bridgehead atoms. The maximum atomic E-state index is 11.6. The summed E-state index contributed by atoms with van der Waals surface area (Å²) in [5, 5.41) is 54.0. The van der Waals surface area contributed by atoms with E-state index in [0.717, 1.165) is 50.7 Å². The number of aliphatic carboxylic acids is 1. The molecule has 17 unspecified atom stereocenters. The lowest BCUT2D eigenvalue weighted by atomic mass is 9.81. The predicted molar refractivity (Wildman–Crippen MR) is 208 cm³/mol. The lowest BCUT2D eigenvalue weighted by Crippen LogP contribution is -2.60. The van der Waals surface area contributed by atoms with E-state index >= 15 is 0 Å². The van der Waals surface area contributed by atoms with E-state index in [1.54, 1.807) is 6.08 Å². The van der Waals surface area contributed by atoms with Crippen molar-refractivity contribution < 1.29 is 63.5 Å². The van der Waals surface area contributed by atoms with Crippen molar-refractivity contribution in [2.45, 2.75) is 209 Å². The minimum atomic E-state index is -1.96. The van der Waals surface area contributed by atoms with Gasteiger partial charge >= 0.3 is 5.97 Å². The first kappa shape index (κ1) is 43.3. The van der Waals surface area contributed by atoms with Crippen LogP contribution in [0.15, 0.2) is 36.0 Å². The van der Waals surface area contributed by atoms with Crippen LogP contribution in [0, 0.1) is 17.8 Å². The molecule has 7 aliphatic heterocycles. The Hall–Kier alpha value is -1.75. The Morgan fingerprint density at radius 2 is 1.77 bits per heavy atom. The van der Waals surface area contributed by atoms with Gasteiger partial charge in [-0.3, -0.25) is 0 Å². The first-order valence-corrected chi connectivity index (χ1v) is 21.7. The standard InChI is InChI=1S/C44H68O13/c1-25-21-35(56-44(23-25)36(46)14-13-31(54-44)24-41(6,50)40(48)49)26(2)11-12-30-15-18-42(53-30)19-16-34-39(57-42)37(47)29(5)38(52-34)32(45)22-27(3)33-10-7-17-43(55-33)28(4)9-8-20-51-43/h11-12,23,26-28,30-39,45-47,50H,5,7-10,13-22,24H2,1-4,6H3,(H,48,49). The monoisotopic (exact) mass is 804 g/mol. The van der Waals surface area contributed by atoms with Crippen LogP contribution in [-0.4, -0.2) is 122 Å². The molecular weight excluding hydrogens is 736 g/mol. The molecule has 6 fully saturated rings. The maximum absolute atomic E-state index is 11.6. The summed E-state index contributed by atoms with van der Waals surface area (Å²) in [6.07, 6.45) is 9.41. The third kappa shape index (κ3) is 9.00. The zero-order valence-corrected chi connectivity index (χ0v) is 34.6. The van der Waals surface area contributed by atoms with E-state index in [9.17, 15) is 30.3 Å². The molecule has 7 rings (SSSR count). The van der Waals surface area contributed by atoms with Gasteiger partial charge in [-0.1, -0.05) is 45.1 Å². The first-order valence-electron chi connectivity index (χ1n) is 21.7. The van der Waals surface area contributed by atoms with Crippen LogP contribution in [0.3, 0.4) is 0 Å². The van der Waals surface area contributed by atoms with Crippen molar-refractivity contribution in [2.75, 3.05) is 6.61 Å². The summed E-state index contributed by atoms with van der Waals surface area (Å²) in [6, 6.07) is 0. The van der Waals surface area contributed by atoms with E-state index in [2.05, 4.69) is 26.5 Å². The Bertz CT molecular complexity index is 1510. The highest BCUT2D eigenvalue weighted by Gasteiger charge is 2.55. The van der Waals surface area contributed by atoms with E-state index in [1.807, 2.05) is 19.9 Å². The number of hydrogen-bond acceptors (Lipinski definition) is 12. The molecule has 57 heavy (non-hydrogen) atoms. The maximum Gasteiger partial charge on any atom is 0.335 e. The van der Waals surface area contributed by atoms with Gasteiger partial charge in [0.2, 0.25) is 5.79 Å². The van der Waals surface area contributed by atoms with E-state index in [0.29, 0.717) is 56.4 Å². The van der Waals surface area contributed by atoms with Crippen LogP contribution in [0.1, 0.15) is 125 Å². The van der Waals surface area contributed by atoms with Crippen LogP contribution in [0.25, 0.3) is 0 Å². The third-order valence-electron chi connectivity index (χ3n) is 14.1. The topological polar surface area (TPSA) is 183 Å². The van der Waals surface area contributed by atoms with Gasteiger partial charge in [0, 0.05) is 37.5 Å². The second-order valence-electron chi connectivity index (χ2n) is 18.8. The quantitative estimate of drug-likeness (QED) is 0.182. The van der Waals surface area contributed by atoms with Crippen LogP contribution < -0.4 is 0 Å². The van der Waals surface area contributed by atoms with E-state index < -0.39 is 71.7 Å². The fourth-order valence-corrected chi connectivity index (χ4v) is 10.5. The molecule has 0 aromatic heterocycles. The molecule has 17 atom stereocenters. The average Bonchev–Trinajstić information content (AvgIpc) is 3.56. The van der Waals surface area contributed by atoms with Gasteiger partial charge in [0.15, 0.2) is 17.2 Å². The fourth-order valence-electron chi connectivity index (χ4n) is 10.5. The summed E-state index contributed by atoms with van der Waals surface area (Å²) in [5.41, 5.74) is -0.550. The predicted octanol–water partition coefficient (Wildman–Crippen LogP) is 5.21. The molecule has 5 N–H and O–H groups in total. The number of carboxylic acid groups (broad SMARTS) is 1. The lowest BCUT2D eigenvalue weighted by Gasteiger charge is -2.50. The summed E-state index contributed by atoms with van der Waals surface area (Å²) in [5.74, 6) is -3.83. The molecule has 0 aromatic rings. The smallest absolute Gasteiger partial charge is 0.335 e. The molecule has 13 heteroatoms. The Morgan fingerprint density at radius 1 is 1.00 bits per heavy atom. The summed E-state index contributed by atoms with van der Waals surface area (Å²) in [7, 11) is 0. The normalized spacial score (nSPS) is 45.4. The summed E-state index contributed by atoms with van der Waals surface area (Å²) in [4.78, 5) is 11.6. The molecule has 3 spiro atoms. The molecule has 7 heterocycles. The summed E-state index contributed by atoms with van der Waals surface area (Å²) < 4.78 is 45.3. The number of carbonyl (C=O) groups is 1. The van der Waals surface area contributed by atoms with Gasteiger partial charge in [-0.15, -0.1) is 0 Å². The zero-order chi connectivity index (χ0) is 40.9. The highest BCUT2D eigenvalue weighted by atomic mass is 16.7. The lowest BCUT2D eigenvalue weighted by molar-refractivity contribution is -0.326. The largest absolute Gasteiger partial charge is 0.479 e. The average molecular weight is 805 g/mol. The highest BCUT2D eigenvalue weighted by molar-refractivity contribution is 5.76. The highest BCUT2D eigenvalue weighted by Crippen LogP contribution is 2.47. The van der Waals surface area contributed by atoms with E-state index in [4.69, 9.17) is 33.2 Å². The molecule has 0 amide bonds. The minimum absolute atomic E-state index is 0.0262. The molecule has 322 valence electrons. The SMILES string of the molecule is C=C1C(O)C2OC3(CCC(C=CC(C)C4CC(C)=CC5(OC(CC(C)(O)C(=O)O)CCC5O)O4)O3)CCC2OC1C(O)CC(C)C1CCCC2(OCCCC2C)O1. The number of aliphatic hydroxyl groups is 4. The van der Waals surface area contributed by atoms with Crippen molar-refractivity contribution in [3.05, 3.63) is 36.0 Å². The summed E-state index contributed by atoms with van der Waals surface area (Å²) in [6.45, 7) is 14.5. The molecule has 7 aliphatic rings. The van der Waals surface area contributed by atoms with Gasteiger partial charge in [0.25, 0.3) is 0 Å². The number of rotatable bonds is 10. The van der Waals surface area contributed by atoms with Crippen molar-refractivity contribution in [1.29, 1.82) is 0 Å². The van der Waals surface area contributed by atoms with Crippen LogP contribution in [-0.2, 0) is 38.0 Å². The Labute approximate surface area is 337 Å². The second kappa shape index (κ2) is 17.0. The van der Waals surface area contributed by atoms with Gasteiger partial charge in [-0.25, -0.2) is 4.79 Å².